The number of rotatable bonds is 3. The molecule has 0 radical (unpaired) electrons. The number of hydrogen-bond donors (Lipinski definition) is 3. The molecule has 1 aromatic carbocycles. The highest BCUT2D eigenvalue weighted by atomic mass is 32.1. The van der Waals surface area contributed by atoms with Crippen molar-refractivity contribution >= 4 is 23.2 Å². The second-order valence-corrected chi connectivity index (χ2v) is 6.66. The van der Waals surface area contributed by atoms with Crippen molar-refractivity contribution < 1.29 is 32.3 Å². The summed E-state index contributed by atoms with van der Waals surface area (Å²) in [6.45, 7) is 0. The van der Waals surface area contributed by atoms with Crippen LogP contribution in [0.1, 0.15) is 21.3 Å². The molecule has 1 saturated heterocycles. The summed E-state index contributed by atoms with van der Waals surface area (Å²) in [7, 11) is 0. The molecular weight excluding hydrogens is 376 g/mol. The Balaban J connectivity index is 2.14. The van der Waals surface area contributed by atoms with Crippen LogP contribution in [0.4, 0.5) is 22.4 Å². The Labute approximate surface area is 148 Å². The highest BCUT2D eigenvalue weighted by Gasteiger charge is 2.66. The lowest BCUT2D eigenvalue weighted by Crippen LogP contribution is -2.72. The van der Waals surface area contributed by atoms with Gasteiger partial charge in [0.05, 0.1) is 10.9 Å². The average Bonchev–Trinajstić information content (AvgIpc) is 3.08. The van der Waals surface area contributed by atoms with Crippen LogP contribution in [0.25, 0.3) is 0 Å². The minimum atomic E-state index is -5.32. The lowest BCUT2D eigenvalue weighted by Gasteiger charge is -2.44. The molecule has 2 heterocycles. The number of alkyl halides is 3. The maximum absolute atomic E-state index is 13.6. The molecule has 0 aliphatic carbocycles. The monoisotopic (exact) mass is 388 g/mol. The van der Waals surface area contributed by atoms with Crippen LogP contribution in [0.5, 0.6) is 0 Å². The van der Waals surface area contributed by atoms with Crippen LogP contribution in [0.15, 0.2) is 41.8 Å². The summed E-state index contributed by atoms with van der Waals surface area (Å²) >= 11 is 0.908. The van der Waals surface area contributed by atoms with Crippen LogP contribution in [0.3, 0.4) is 0 Å². The molecule has 3 N–H and O–H groups in total. The summed E-state index contributed by atoms with van der Waals surface area (Å²) in [6.07, 6.45) is -5.32. The predicted molar refractivity (Wildman–Crippen MR) is 84.0 cm³/mol. The van der Waals surface area contributed by atoms with Gasteiger partial charge in [-0.2, -0.15) is 13.2 Å². The van der Waals surface area contributed by atoms with E-state index in [1.54, 1.807) is 0 Å². The highest BCUT2D eigenvalue weighted by molar-refractivity contribution is 7.12. The Morgan fingerprint density at radius 2 is 1.85 bits per heavy atom. The standard InChI is InChI=1S/C16H12F4N2O3S/c17-9-5-3-8(4-6-9)12-11(13(23)10-2-1-7-26-10)15(25,16(18,19)20)22-14(24)21-12/h1-7,11-12,25H,(H2,21,22,24)/t11-,12-,15+/m0/s1. The van der Waals surface area contributed by atoms with E-state index < -0.39 is 41.5 Å². The first-order valence-electron chi connectivity index (χ1n) is 7.34. The van der Waals surface area contributed by atoms with Crippen molar-refractivity contribution in [3.8, 4) is 0 Å². The lowest BCUT2D eigenvalue weighted by molar-refractivity contribution is -0.287. The summed E-state index contributed by atoms with van der Waals surface area (Å²) in [6, 6.07) is 4.27. The van der Waals surface area contributed by atoms with Gasteiger partial charge in [-0.3, -0.25) is 4.79 Å². The molecule has 5 nitrogen and oxygen atoms in total. The molecule has 1 aromatic heterocycles. The molecule has 2 aromatic rings. The number of Topliss-reactive ketones (excluding diaryl/α,β-unsaturated/α-hetero) is 1. The highest BCUT2D eigenvalue weighted by Crippen LogP contribution is 2.44. The van der Waals surface area contributed by atoms with Crippen LogP contribution in [0, 0.1) is 11.7 Å². The number of thiophene rings is 1. The van der Waals surface area contributed by atoms with Gasteiger partial charge in [0.15, 0.2) is 5.78 Å². The van der Waals surface area contributed by atoms with Gasteiger partial charge < -0.3 is 15.7 Å². The number of urea groups is 1. The van der Waals surface area contributed by atoms with Gasteiger partial charge in [-0.25, -0.2) is 9.18 Å². The minimum Gasteiger partial charge on any atom is -0.363 e. The van der Waals surface area contributed by atoms with E-state index in [1.165, 1.54) is 22.8 Å². The van der Waals surface area contributed by atoms with E-state index in [9.17, 15) is 32.3 Å². The van der Waals surface area contributed by atoms with E-state index in [1.807, 2.05) is 0 Å². The molecule has 0 unspecified atom stereocenters. The van der Waals surface area contributed by atoms with E-state index in [0.29, 0.717) is 0 Å². The Bertz CT molecular complexity index is 823. The van der Waals surface area contributed by atoms with Gasteiger partial charge in [-0.05, 0) is 29.1 Å². The number of aliphatic hydroxyl groups is 1. The van der Waals surface area contributed by atoms with E-state index >= 15 is 0 Å². The SMILES string of the molecule is O=C1N[C@@H](c2ccc(F)cc2)[C@@H](C(=O)c2cccs2)[C@@](O)(C(F)(F)F)N1. The average molecular weight is 388 g/mol. The van der Waals surface area contributed by atoms with Crippen LogP contribution in [0.2, 0.25) is 0 Å². The number of carbonyl (C=O) groups is 2. The molecule has 138 valence electrons. The number of ketones is 1. The molecule has 0 bridgehead atoms. The first-order valence-corrected chi connectivity index (χ1v) is 8.22. The number of hydrogen-bond acceptors (Lipinski definition) is 4. The van der Waals surface area contributed by atoms with Gasteiger partial charge in [0.25, 0.3) is 0 Å². The van der Waals surface area contributed by atoms with E-state index in [2.05, 4.69) is 5.32 Å². The lowest BCUT2D eigenvalue weighted by atomic mass is 9.78. The second-order valence-electron chi connectivity index (χ2n) is 5.71. The molecule has 10 heteroatoms. The van der Waals surface area contributed by atoms with Crippen molar-refractivity contribution in [3.63, 3.8) is 0 Å². The topological polar surface area (TPSA) is 78.4 Å². The molecule has 1 aliphatic rings. The van der Waals surface area contributed by atoms with Crippen LogP contribution in [-0.2, 0) is 0 Å². The minimum absolute atomic E-state index is 0.0114. The number of benzene rings is 1. The molecule has 1 fully saturated rings. The van der Waals surface area contributed by atoms with Gasteiger partial charge in [0, 0.05) is 0 Å². The fourth-order valence-corrected chi connectivity index (χ4v) is 3.56. The summed E-state index contributed by atoms with van der Waals surface area (Å²) in [5.41, 5.74) is -3.73. The number of carbonyl (C=O) groups excluding carboxylic acids is 2. The van der Waals surface area contributed by atoms with Crippen LogP contribution >= 0.6 is 11.3 Å². The van der Waals surface area contributed by atoms with E-state index in [-0.39, 0.29) is 10.4 Å². The number of amides is 2. The normalized spacial score (nSPS) is 26.1. The molecule has 1 aliphatic heterocycles. The van der Waals surface area contributed by atoms with Crippen molar-refractivity contribution in [1.82, 2.24) is 10.6 Å². The third kappa shape index (κ3) is 3.06. The maximum Gasteiger partial charge on any atom is 0.437 e. The zero-order chi connectivity index (χ0) is 19.1. The van der Waals surface area contributed by atoms with Gasteiger partial charge in [-0.15, -0.1) is 11.3 Å². The molecule has 0 spiro atoms. The molecular formula is C16H12F4N2O3S. The third-order valence-electron chi connectivity index (χ3n) is 4.08. The van der Waals surface area contributed by atoms with E-state index in [4.69, 9.17) is 0 Å². The largest absolute Gasteiger partial charge is 0.437 e. The molecule has 3 rings (SSSR count). The van der Waals surface area contributed by atoms with Crippen molar-refractivity contribution in [2.45, 2.75) is 17.9 Å². The third-order valence-corrected chi connectivity index (χ3v) is 4.97. The van der Waals surface area contributed by atoms with Crippen molar-refractivity contribution in [2.24, 2.45) is 5.92 Å². The van der Waals surface area contributed by atoms with Crippen LogP contribution in [-0.4, -0.2) is 28.8 Å². The fourth-order valence-electron chi connectivity index (χ4n) is 2.86. The molecule has 3 atom stereocenters. The van der Waals surface area contributed by atoms with Gasteiger partial charge >= 0.3 is 12.2 Å². The van der Waals surface area contributed by atoms with Crippen LogP contribution < -0.4 is 10.6 Å². The predicted octanol–water partition coefficient (Wildman–Crippen LogP) is 2.99. The molecule has 0 saturated carbocycles. The first kappa shape index (κ1) is 18.3. The Morgan fingerprint density at radius 3 is 2.38 bits per heavy atom. The smallest absolute Gasteiger partial charge is 0.363 e. The number of nitrogens with one attached hydrogen (secondary N) is 2. The maximum atomic E-state index is 13.6. The molecule has 26 heavy (non-hydrogen) atoms. The summed E-state index contributed by atoms with van der Waals surface area (Å²) in [4.78, 5) is 24.5. The quantitative estimate of drug-likeness (QED) is 0.559. The summed E-state index contributed by atoms with van der Waals surface area (Å²) < 4.78 is 54.0. The number of halogens is 4. The van der Waals surface area contributed by atoms with Gasteiger partial charge in [0.2, 0.25) is 5.72 Å². The fraction of sp³-hybridized carbons (Fsp3) is 0.250. The second kappa shape index (κ2) is 6.36. The summed E-state index contributed by atoms with van der Waals surface area (Å²) in [5.74, 6) is -3.74. The zero-order valence-corrected chi connectivity index (χ0v) is 13.7. The van der Waals surface area contributed by atoms with Crippen molar-refractivity contribution in [3.05, 3.63) is 58.0 Å². The first-order chi connectivity index (χ1) is 12.1. The van der Waals surface area contributed by atoms with Crippen molar-refractivity contribution in [2.75, 3.05) is 0 Å². The zero-order valence-electron chi connectivity index (χ0n) is 12.9. The Morgan fingerprint density at radius 1 is 1.19 bits per heavy atom. The Kier molecular flexibility index (Phi) is 4.49. The van der Waals surface area contributed by atoms with Gasteiger partial charge in [-0.1, -0.05) is 18.2 Å². The molecule has 2 amide bonds. The van der Waals surface area contributed by atoms with Gasteiger partial charge in [0.1, 0.15) is 11.7 Å². The Hall–Kier alpha value is -2.46. The summed E-state index contributed by atoms with van der Waals surface area (Å²) in [5, 5.41) is 15.5. The van der Waals surface area contributed by atoms with Crippen molar-refractivity contribution in [1.29, 1.82) is 0 Å². The van der Waals surface area contributed by atoms with E-state index in [0.717, 1.165) is 35.6 Å².